The van der Waals surface area contributed by atoms with E-state index in [0.29, 0.717) is 0 Å². The average Bonchev–Trinajstić information content (AvgIpc) is 3.52. The Morgan fingerprint density at radius 2 is 0.754 bits per heavy atom. The molecule has 0 unspecified atom stereocenters. The normalized spacial score (nSPS) is 13.2. The van der Waals surface area contributed by atoms with Crippen LogP contribution in [0.2, 0.25) is 0 Å². The van der Waals surface area contributed by atoms with Crippen molar-refractivity contribution in [2.75, 3.05) is 0 Å². The highest BCUT2D eigenvalue weighted by atomic mass is 14.4. The zero-order valence-electron chi connectivity index (χ0n) is 32.0. The molecule has 0 spiro atoms. The topological polar surface area (TPSA) is 0 Å². The van der Waals surface area contributed by atoms with Gasteiger partial charge in [-0.15, -0.1) is 0 Å². The molecule has 0 saturated heterocycles. The van der Waals surface area contributed by atoms with E-state index in [0.717, 1.165) is 0 Å². The molecule has 0 radical (unpaired) electrons. The third kappa shape index (κ3) is 4.56. The van der Waals surface area contributed by atoms with Gasteiger partial charge in [-0.2, -0.15) is 0 Å². The van der Waals surface area contributed by atoms with E-state index in [4.69, 9.17) is 0 Å². The molecule has 0 N–H and O–H groups in total. The van der Waals surface area contributed by atoms with Crippen LogP contribution in [0.4, 0.5) is 0 Å². The van der Waals surface area contributed by atoms with Crippen LogP contribution in [0.15, 0.2) is 194 Å². The Bertz CT molecular complexity index is 3410. The monoisotopic (exact) mass is 722 g/mol. The first kappa shape index (κ1) is 32.2. The second-order valence-corrected chi connectivity index (χ2v) is 16.3. The summed E-state index contributed by atoms with van der Waals surface area (Å²) in [5.74, 6) is 0. The standard InChI is InChI=1S/C57H38/c1-57(2)55-41-32-30-38(34-39(41)31-33-51(55)54-45-19-7-5-17-42(45)43-18-6-12-24-50(43)56(54)57)35-26-28-37(29-27-35)52-46-20-8-10-22-48(46)53(49-23-11-9-21-47(49)52)44-25-13-15-36-14-3-4-16-40(36)44/h3-34H,1-2H3. The summed E-state index contributed by atoms with van der Waals surface area (Å²) >= 11 is 0. The van der Waals surface area contributed by atoms with E-state index < -0.39 is 0 Å². The number of benzene rings is 11. The molecule has 0 aromatic heterocycles. The van der Waals surface area contributed by atoms with Gasteiger partial charge in [-0.25, -0.2) is 0 Å². The van der Waals surface area contributed by atoms with Crippen LogP contribution in [0.25, 0.3) is 109 Å². The molecule has 0 heterocycles. The second kappa shape index (κ2) is 12.0. The molecule has 0 bridgehead atoms. The Hall–Kier alpha value is -7.02. The molecule has 0 heteroatoms. The fourth-order valence-corrected chi connectivity index (χ4v) is 10.6. The number of fused-ring (bicyclic) bond motifs is 13. The van der Waals surface area contributed by atoms with Crippen molar-refractivity contribution in [3.8, 4) is 44.5 Å². The summed E-state index contributed by atoms with van der Waals surface area (Å²) in [6, 6.07) is 72.4. The summed E-state index contributed by atoms with van der Waals surface area (Å²) in [4.78, 5) is 0. The van der Waals surface area contributed by atoms with Crippen LogP contribution in [0.3, 0.4) is 0 Å². The predicted molar refractivity (Wildman–Crippen MR) is 245 cm³/mol. The fraction of sp³-hybridized carbons (Fsp3) is 0.0526. The van der Waals surface area contributed by atoms with Gasteiger partial charge in [-0.05, 0) is 126 Å². The van der Waals surface area contributed by atoms with E-state index in [2.05, 4.69) is 208 Å². The van der Waals surface area contributed by atoms with Gasteiger partial charge in [0, 0.05) is 5.41 Å². The first-order valence-electron chi connectivity index (χ1n) is 20.1. The van der Waals surface area contributed by atoms with Crippen molar-refractivity contribution < 1.29 is 0 Å². The minimum Gasteiger partial charge on any atom is -0.0616 e. The largest absolute Gasteiger partial charge is 0.0616 e. The van der Waals surface area contributed by atoms with Crippen molar-refractivity contribution in [3.63, 3.8) is 0 Å². The van der Waals surface area contributed by atoms with Gasteiger partial charge in [0.15, 0.2) is 0 Å². The Kier molecular flexibility index (Phi) is 6.78. The molecule has 0 fully saturated rings. The maximum Gasteiger partial charge on any atom is 0.0171 e. The van der Waals surface area contributed by atoms with Crippen LogP contribution >= 0.6 is 0 Å². The van der Waals surface area contributed by atoms with Crippen molar-refractivity contribution in [2.45, 2.75) is 19.3 Å². The quantitative estimate of drug-likeness (QED) is 0.126. The van der Waals surface area contributed by atoms with E-state index in [-0.39, 0.29) is 5.41 Å². The molecule has 1 aliphatic rings. The van der Waals surface area contributed by atoms with E-state index in [1.54, 1.807) is 0 Å². The molecule has 0 atom stereocenters. The van der Waals surface area contributed by atoms with E-state index in [9.17, 15) is 0 Å². The van der Waals surface area contributed by atoms with E-state index in [1.165, 1.54) is 120 Å². The Balaban J connectivity index is 0.990. The molecular weight excluding hydrogens is 685 g/mol. The zero-order valence-corrected chi connectivity index (χ0v) is 32.0. The highest BCUT2D eigenvalue weighted by molar-refractivity contribution is 6.24. The molecule has 266 valence electrons. The van der Waals surface area contributed by atoms with Gasteiger partial charge >= 0.3 is 0 Å². The van der Waals surface area contributed by atoms with Gasteiger partial charge in [0.05, 0.1) is 0 Å². The van der Waals surface area contributed by atoms with Gasteiger partial charge in [0.2, 0.25) is 0 Å². The lowest BCUT2D eigenvalue weighted by Crippen LogP contribution is -2.16. The van der Waals surface area contributed by atoms with Crippen molar-refractivity contribution in [1.82, 2.24) is 0 Å². The molecule has 1 aliphatic carbocycles. The maximum absolute atomic E-state index is 2.42. The minimum atomic E-state index is -0.147. The summed E-state index contributed by atoms with van der Waals surface area (Å²) < 4.78 is 0. The number of hydrogen-bond acceptors (Lipinski definition) is 0. The molecule has 11 aromatic rings. The van der Waals surface area contributed by atoms with Gasteiger partial charge < -0.3 is 0 Å². The van der Waals surface area contributed by atoms with Crippen molar-refractivity contribution in [3.05, 3.63) is 205 Å². The van der Waals surface area contributed by atoms with Crippen LogP contribution in [-0.2, 0) is 5.41 Å². The average molecular weight is 723 g/mol. The Labute approximate surface area is 332 Å². The fourth-order valence-electron chi connectivity index (χ4n) is 10.6. The van der Waals surface area contributed by atoms with Gasteiger partial charge in [-0.3, -0.25) is 0 Å². The van der Waals surface area contributed by atoms with Crippen LogP contribution in [0.1, 0.15) is 25.0 Å². The van der Waals surface area contributed by atoms with Gasteiger partial charge in [0.25, 0.3) is 0 Å². The van der Waals surface area contributed by atoms with Crippen LogP contribution in [-0.4, -0.2) is 0 Å². The lowest BCUT2D eigenvalue weighted by Gasteiger charge is -2.25. The molecular formula is C57H38. The highest BCUT2D eigenvalue weighted by Gasteiger charge is 2.39. The van der Waals surface area contributed by atoms with E-state index >= 15 is 0 Å². The first-order chi connectivity index (χ1) is 28.1. The van der Waals surface area contributed by atoms with Crippen molar-refractivity contribution in [2.24, 2.45) is 0 Å². The molecule has 0 amide bonds. The van der Waals surface area contributed by atoms with Crippen molar-refractivity contribution in [1.29, 1.82) is 0 Å². The number of rotatable bonds is 3. The molecule has 11 aromatic carbocycles. The van der Waals surface area contributed by atoms with Crippen LogP contribution < -0.4 is 0 Å². The summed E-state index contributed by atoms with van der Waals surface area (Å²) in [5, 5.41) is 15.6. The van der Waals surface area contributed by atoms with Gasteiger partial charge in [0.1, 0.15) is 0 Å². The van der Waals surface area contributed by atoms with Crippen molar-refractivity contribution >= 4 is 64.6 Å². The van der Waals surface area contributed by atoms with Crippen LogP contribution in [0, 0.1) is 0 Å². The smallest absolute Gasteiger partial charge is 0.0171 e. The molecule has 0 saturated carbocycles. The Morgan fingerprint density at radius 3 is 1.42 bits per heavy atom. The molecule has 0 aliphatic heterocycles. The lowest BCUT2D eigenvalue weighted by molar-refractivity contribution is 0.672. The predicted octanol–water partition coefficient (Wildman–Crippen LogP) is 15.9. The second-order valence-electron chi connectivity index (χ2n) is 16.3. The summed E-state index contributed by atoms with van der Waals surface area (Å²) in [6.07, 6.45) is 0. The zero-order chi connectivity index (χ0) is 37.8. The third-order valence-corrected chi connectivity index (χ3v) is 13.0. The number of hydrogen-bond donors (Lipinski definition) is 0. The summed E-state index contributed by atoms with van der Waals surface area (Å²) in [6.45, 7) is 4.85. The highest BCUT2D eigenvalue weighted by Crippen LogP contribution is 2.56. The minimum absolute atomic E-state index is 0.147. The maximum atomic E-state index is 2.42. The molecule has 12 rings (SSSR count). The van der Waals surface area contributed by atoms with Gasteiger partial charge in [-0.1, -0.05) is 202 Å². The third-order valence-electron chi connectivity index (χ3n) is 13.0. The first-order valence-corrected chi connectivity index (χ1v) is 20.1. The summed E-state index contributed by atoms with van der Waals surface area (Å²) in [7, 11) is 0. The van der Waals surface area contributed by atoms with E-state index in [1.807, 2.05) is 0 Å². The summed E-state index contributed by atoms with van der Waals surface area (Å²) in [5.41, 5.74) is 13.1. The molecule has 57 heavy (non-hydrogen) atoms. The SMILES string of the molecule is CC1(C)c2c(ccc3cc(-c4ccc(-c5c6ccccc6c(-c6cccc7ccccc67)c6ccccc56)cc4)ccc23)-c2c1c1ccccc1c1ccccc21. The lowest BCUT2D eigenvalue weighted by atomic mass is 9.77. The van der Waals surface area contributed by atoms with Crippen LogP contribution in [0.5, 0.6) is 0 Å². The Morgan fingerprint density at radius 1 is 0.263 bits per heavy atom. The molecule has 0 nitrogen and oxygen atoms in total.